The molecule has 38 heavy (non-hydrogen) atoms. The molecule has 9 nitrogen and oxygen atoms in total. The molecular weight excluding hydrogens is 522 g/mol. The van der Waals surface area contributed by atoms with Gasteiger partial charge in [-0.3, -0.25) is 0 Å². The molecule has 2 heterocycles. The number of ether oxygens (including phenoxy) is 1. The van der Waals surface area contributed by atoms with Crippen LogP contribution in [0.5, 0.6) is 5.75 Å². The van der Waals surface area contributed by atoms with Crippen LogP contribution in [0.4, 0.5) is 26.3 Å². The Labute approximate surface area is 210 Å². The maximum atomic E-state index is 14.8. The zero-order chi connectivity index (χ0) is 27.7. The Kier molecular flexibility index (Phi) is 7.31. The van der Waals surface area contributed by atoms with Crippen LogP contribution in [0.3, 0.4) is 0 Å². The van der Waals surface area contributed by atoms with Gasteiger partial charge in [-0.1, -0.05) is 6.07 Å². The van der Waals surface area contributed by atoms with Gasteiger partial charge >= 0.3 is 18.0 Å². The summed E-state index contributed by atoms with van der Waals surface area (Å²) in [6.45, 7) is -0.506. The smallest absolute Gasteiger partial charge is 0.350 e. The summed E-state index contributed by atoms with van der Waals surface area (Å²) in [7, 11) is 0. The Morgan fingerprint density at radius 3 is 2.37 bits per heavy atom. The third kappa shape index (κ3) is 5.27. The molecule has 0 aliphatic heterocycles. The lowest BCUT2D eigenvalue weighted by Gasteiger charge is -2.34. The largest absolute Gasteiger partial charge is 0.487 e. The highest BCUT2D eigenvalue weighted by molar-refractivity contribution is 5.37. The maximum Gasteiger partial charge on any atom is 0.350 e. The number of hydrogen-bond donors (Lipinski definition) is 1. The molecule has 0 saturated carbocycles. The number of rotatable bonds is 10. The molecule has 1 unspecified atom stereocenters. The van der Waals surface area contributed by atoms with Crippen molar-refractivity contribution in [2.75, 3.05) is 6.61 Å². The highest BCUT2D eigenvalue weighted by atomic mass is 19.3. The van der Waals surface area contributed by atoms with Gasteiger partial charge in [0.15, 0.2) is 6.61 Å². The van der Waals surface area contributed by atoms with Gasteiger partial charge in [0.1, 0.15) is 42.0 Å². The molecule has 0 amide bonds. The van der Waals surface area contributed by atoms with E-state index in [1.54, 1.807) is 0 Å². The summed E-state index contributed by atoms with van der Waals surface area (Å²) in [6, 6.07) is 6.37. The first-order valence-electron chi connectivity index (χ1n) is 11.0. The molecule has 0 aliphatic rings. The fraction of sp³-hybridized carbons (Fsp3) is 0.304. The molecule has 0 spiro atoms. The van der Waals surface area contributed by atoms with Crippen LogP contribution in [-0.4, -0.2) is 53.2 Å². The number of alkyl halides is 4. The molecule has 1 N–H and O–H groups in total. The summed E-state index contributed by atoms with van der Waals surface area (Å²) >= 11 is 0. The van der Waals surface area contributed by atoms with Crippen molar-refractivity contribution < 1.29 is 36.2 Å². The molecule has 4 rings (SSSR count). The Bertz CT molecular complexity index is 1440. The van der Waals surface area contributed by atoms with Gasteiger partial charge in [0, 0.05) is 11.6 Å². The Balaban J connectivity index is 1.64. The second-order valence-corrected chi connectivity index (χ2v) is 8.39. The third-order valence-corrected chi connectivity index (χ3v) is 5.88. The molecule has 0 bridgehead atoms. The molecule has 15 heteroatoms. The molecular formula is C23H20F6N6O3. The van der Waals surface area contributed by atoms with Gasteiger partial charge in [0.2, 0.25) is 0 Å². The van der Waals surface area contributed by atoms with Crippen molar-refractivity contribution in [3.05, 3.63) is 89.1 Å². The molecule has 4 aromatic rings. The van der Waals surface area contributed by atoms with Crippen molar-refractivity contribution in [1.82, 2.24) is 29.1 Å². The van der Waals surface area contributed by atoms with Crippen molar-refractivity contribution >= 4 is 0 Å². The minimum atomic E-state index is -4.33. The summed E-state index contributed by atoms with van der Waals surface area (Å²) in [5.41, 5.74) is -3.03. The van der Waals surface area contributed by atoms with Crippen LogP contribution in [0.15, 0.2) is 66.2 Å². The zero-order valence-electron chi connectivity index (χ0n) is 19.6. The molecule has 0 radical (unpaired) electrons. The fourth-order valence-electron chi connectivity index (χ4n) is 3.75. The fourth-order valence-corrected chi connectivity index (χ4v) is 3.75. The van der Waals surface area contributed by atoms with Gasteiger partial charge in [0.25, 0.3) is 0 Å². The van der Waals surface area contributed by atoms with Gasteiger partial charge < -0.3 is 9.84 Å². The van der Waals surface area contributed by atoms with E-state index >= 15 is 0 Å². The van der Waals surface area contributed by atoms with Gasteiger partial charge in [-0.05, 0) is 37.3 Å². The zero-order valence-corrected chi connectivity index (χ0v) is 19.6. The monoisotopic (exact) mass is 542 g/mol. The van der Waals surface area contributed by atoms with Gasteiger partial charge in [0.05, 0.1) is 18.3 Å². The minimum Gasteiger partial charge on any atom is -0.487 e. The van der Waals surface area contributed by atoms with Crippen molar-refractivity contribution in [3.63, 3.8) is 0 Å². The topological polar surface area (TPSA) is 100.0 Å². The lowest BCUT2D eigenvalue weighted by atomic mass is 9.86. The normalized spacial score (nSPS) is 14.4. The Hall–Kier alpha value is -4.14. The van der Waals surface area contributed by atoms with Gasteiger partial charge in [-0.2, -0.15) is 19.0 Å². The third-order valence-electron chi connectivity index (χ3n) is 5.88. The molecule has 2 aromatic heterocycles. The average molecular weight is 542 g/mol. The Morgan fingerprint density at radius 2 is 1.76 bits per heavy atom. The number of hydrogen-bond acceptors (Lipinski definition) is 6. The second-order valence-electron chi connectivity index (χ2n) is 8.39. The van der Waals surface area contributed by atoms with Crippen molar-refractivity contribution in [2.24, 2.45) is 0 Å². The van der Waals surface area contributed by atoms with E-state index in [0.717, 1.165) is 27.7 Å². The van der Waals surface area contributed by atoms with E-state index in [1.165, 1.54) is 48.5 Å². The highest BCUT2D eigenvalue weighted by Gasteiger charge is 2.42. The van der Waals surface area contributed by atoms with E-state index in [1.807, 2.05) is 0 Å². The first-order valence-corrected chi connectivity index (χ1v) is 11.0. The summed E-state index contributed by atoms with van der Waals surface area (Å²) in [4.78, 5) is 17.0. The number of aliphatic hydroxyl groups is 1. The standard InChI is InChI=1S/C23H20F6N6O3/c1-14(22(37,9-33-12-30-11-31-33)18-7-2-15(24)8-19(18)25)35-21(36)34(13-32-35)16-3-5-17(6-4-16)38-10-23(28,29)20(26)27/h2-8,11-14,20,37H,9-10H2,1H3/t14?,22-/m1/s1. The predicted octanol–water partition coefficient (Wildman–Crippen LogP) is 3.33. The molecule has 0 saturated heterocycles. The minimum absolute atomic E-state index is 0.142. The quantitative estimate of drug-likeness (QED) is 0.309. The number of nitrogens with zero attached hydrogens (tertiary/aromatic N) is 6. The maximum absolute atomic E-state index is 14.8. The number of benzene rings is 2. The van der Waals surface area contributed by atoms with Crippen LogP contribution in [0.1, 0.15) is 18.5 Å². The number of halogens is 6. The SMILES string of the molecule is CC(n1ncn(-c2ccc(OCC(F)(F)C(F)F)cc2)c1=O)[C@](O)(Cn1cncn1)c1ccc(F)cc1F. The van der Waals surface area contributed by atoms with E-state index in [-0.39, 0.29) is 23.5 Å². The van der Waals surface area contributed by atoms with Crippen LogP contribution < -0.4 is 10.4 Å². The first kappa shape index (κ1) is 26.9. The summed E-state index contributed by atoms with van der Waals surface area (Å²) in [6.07, 6.45) is -0.327. The van der Waals surface area contributed by atoms with E-state index < -0.39 is 47.9 Å². The van der Waals surface area contributed by atoms with Crippen LogP contribution in [0.2, 0.25) is 0 Å². The van der Waals surface area contributed by atoms with E-state index in [0.29, 0.717) is 6.07 Å². The van der Waals surface area contributed by atoms with E-state index in [2.05, 4.69) is 15.2 Å². The van der Waals surface area contributed by atoms with Crippen molar-refractivity contribution in [2.45, 2.75) is 37.5 Å². The second kappa shape index (κ2) is 10.3. The summed E-state index contributed by atoms with van der Waals surface area (Å²) in [5, 5.41) is 19.6. The van der Waals surface area contributed by atoms with Gasteiger partial charge in [-0.25, -0.2) is 41.3 Å². The van der Waals surface area contributed by atoms with Crippen LogP contribution in [0.25, 0.3) is 5.69 Å². The summed E-state index contributed by atoms with van der Waals surface area (Å²) < 4.78 is 87.0. The first-order chi connectivity index (χ1) is 17.9. The molecule has 0 aliphatic carbocycles. The van der Waals surface area contributed by atoms with Crippen LogP contribution in [-0.2, 0) is 12.1 Å². The van der Waals surface area contributed by atoms with Crippen LogP contribution >= 0.6 is 0 Å². The molecule has 202 valence electrons. The van der Waals surface area contributed by atoms with E-state index in [9.17, 15) is 36.2 Å². The van der Waals surface area contributed by atoms with Crippen molar-refractivity contribution in [1.29, 1.82) is 0 Å². The average Bonchev–Trinajstić information content (AvgIpc) is 3.52. The molecule has 0 fully saturated rings. The van der Waals surface area contributed by atoms with Crippen LogP contribution in [0, 0.1) is 11.6 Å². The van der Waals surface area contributed by atoms with Gasteiger partial charge in [-0.15, -0.1) is 0 Å². The summed E-state index contributed by atoms with van der Waals surface area (Å²) in [5.74, 6) is -6.40. The number of aromatic nitrogens is 6. The lowest BCUT2D eigenvalue weighted by Crippen LogP contribution is -2.44. The highest BCUT2D eigenvalue weighted by Crippen LogP contribution is 2.36. The van der Waals surface area contributed by atoms with Crippen molar-refractivity contribution in [3.8, 4) is 11.4 Å². The predicted molar refractivity (Wildman–Crippen MR) is 119 cm³/mol. The lowest BCUT2D eigenvalue weighted by molar-refractivity contribution is -0.148. The molecule has 2 aromatic carbocycles. The van der Waals surface area contributed by atoms with E-state index in [4.69, 9.17) is 4.74 Å². The Morgan fingerprint density at radius 1 is 1.05 bits per heavy atom. The molecule has 2 atom stereocenters.